The van der Waals surface area contributed by atoms with Crippen molar-refractivity contribution in [2.75, 3.05) is 21.1 Å². The van der Waals surface area contributed by atoms with Crippen LogP contribution < -0.4 is 0 Å². The third-order valence-corrected chi connectivity index (χ3v) is 1.50. The smallest absolute Gasteiger partial charge is 0.252 e. The Labute approximate surface area is 94.4 Å². The lowest BCUT2D eigenvalue weighted by Crippen LogP contribution is -1.99. The molecule has 0 saturated carbocycles. The highest BCUT2D eigenvalue weighted by atomic mass is 35.5. The van der Waals surface area contributed by atoms with Gasteiger partial charge in [-0.25, -0.2) is 0 Å². The lowest BCUT2D eigenvalue weighted by atomic mass is 10.2. The molecule has 4 heteroatoms. The molecule has 0 aliphatic carbocycles. The molecule has 0 N–H and O–H groups in total. The van der Waals surface area contributed by atoms with Gasteiger partial charge in [-0.1, -0.05) is 17.7 Å². The minimum Gasteiger partial charge on any atom is -0.312 e. The fourth-order valence-electron chi connectivity index (χ4n) is 0.611. The number of benzene rings is 1. The van der Waals surface area contributed by atoms with Crippen molar-refractivity contribution in [1.29, 1.82) is 0 Å². The molecule has 1 aromatic carbocycles. The quantitative estimate of drug-likeness (QED) is 0.696. The molecule has 0 amide bonds. The van der Waals surface area contributed by atoms with Crippen molar-refractivity contribution in [1.82, 2.24) is 4.90 Å². The van der Waals surface area contributed by atoms with E-state index >= 15 is 0 Å². The van der Waals surface area contributed by atoms with Crippen molar-refractivity contribution in [3.63, 3.8) is 0 Å². The van der Waals surface area contributed by atoms with Crippen molar-refractivity contribution in [2.45, 2.75) is 0 Å². The Kier molecular flexibility index (Phi) is 6.54. The first-order valence-electron chi connectivity index (χ1n) is 4.00. The molecule has 2 nitrogen and oxygen atoms in total. The van der Waals surface area contributed by atoms with Crippen LogP contribution in [0.5, 0.6) is 0 Å². The zero-order valence-electron chi connectivity index (χ0n) is 8.42. The van der Waals surface area contributed by atoms with E-state index in [0.717, 1.165) is 0 Å². The molecule has 14 heavy (non-hydrogen) atoms. The molecule has 0 atom stereocenters. The molecular formula is C10H13Cl2NO. The fraction of sp³-hybridized carbons (Fsp3) is 0.300. The maximum atomic E-state index is 10.5. The molecule has 0 aromatic heterocycles. The molecule has 0 unspecified atom stereocenters. The average Bonchev–Trinajstić information content (AvgIpc) is 2.03. The molecule has 0 radical (unpaired) electrons. The van der Waals surface area contributed by atoms with Gasteiger partial charge in [0.1, 0.15) is 0 Å². The van der Waals surface area contributed by atoms with E-state index in [1.807, 2.05) is 26.0 Å². The summed E-state index contributed by atoms with van der Waals surface area (Å²) in [5.74, 6) is 0. The minimum atomic E-state index is -0.484. The molecular weight excluding hydrogens is 221 g/mol. The highest BCUT2D eigenvalue weighted by molar-refractivity contribution is 6.67. The van der Waals surface area contributed by atoms with Crippen LogP contribution >= 0.6 is 23.2 Å². The van der Waals surface area contributed by atoms with Crippen LogP contribution in [0.4, 0.5) is 0 Å². The number of rotatable bonds is 1. The van der Waals surface area contributed by atoms with E-state index in [2.05, 4.69) is 0 Å². The first-order chi connectivity index (χ1) is 6.43. The van der Waals surface area contributed by atoms with Crippen molar-refractivity contribution >= 4 is 28.4 Å². The van der Waals surface area contributed by atoms with Crippen LogP contribution in [0, 0.1) is 0 Å². The van der Waals surface area contributed by atoms with Gasteiger partial charge in [0, 0.05) is 10.6 Å². The number of nitrogens with zero attached hydrogens (tertiary/aromatic N) is 1. The molecule has 0 spiro atoms. The van der Waals surface area contributed by atoms with E-state index < -0.39 is 5.24 Å². The Morgan fingerprint density at radius 3 is 2.07 bits per heavy atom. The molecule has 0 fully saturated rings. The second-order valence-corrected chi connectivity index (χ2v) is 3.91. The summed E-state index contributed by atoms with van der Waals surface area (Å²) in [4.78, 5) is 12.5. The summed E-state index contributed by atoms with van der Waals surface area (Å²) in [7, 11) is 6.00. The predicted octanol–water partition coefficient (Wildman–Crippen LogP) is 2.90. The largest absolute Gasteiger partial charge is 0.312 e. The van der Waals surface area contributed by atoms with Crippen LogP contribution in [0.25, 0.3) is 0 Å². The van der Waals surface area contributed by atoms with Crippen LogP contribution in [0.3, 0.4) is 0 Å². The van der Waals surface area contributed by atoms with Crippen LogP contribution in [-0.2, 0) is 0 Å². The van der Waals surface area contributed by atoms with Gasteiger partial charge in [0.05, 0.1) is 0 Å². The first kappa shape index (κ1) is 13.4. The third-order valence-electron chi connectivity index (χ3n) is 1.05. The molecule has 1 aromatic rings. The summed E-state index contributed by atoms with van der Waals surface area (Å²) in [5.41, 5.74) is 0.425. The van der Waals surface area contributed by atoms with E-state index in [4.69, 9.17) is 23.2 Å². The third kappa shape index (κ3) is 6.89. The summed E-state index contributed by atoms with van der Waals surface area (Å²) in [6.07, 6.45) is 0. The van der Waals surface area contributed by atoms with Gasteiger partial charge in [0.15, 0.2) is 0 Å². The monoisotopic (exact) mass is 233 g/mol. The summed E-state index contributed by atoms with van der Waals surface area (Å²) in [5, 5.41) is 0.0361. The standard InChI is InChI=1S/C7H4Cl2O.C3H9N/c8-6-3-1-2-5(4-6)7(9)10;1-4(2)3/h1-4H;1-3H3. The van der Waals surface area contributed by atoms with E-state index in [1.165, 1.54) is 6.07 Å². The predicted molar refractivity (Wildman–Crippen MR) is 61.2 cm³/mol. The van der Waals surface area contributed by atoms with Crippen molar-refractivity contribution in [3.8, 4) is 0 Å². The van der Waals surface area contributed by atoms with Crippen LogP contribution in [0.2, 0.25) is 5.02 Å². The summed E-state index contributed by atoms with van der Waals surface area (Å²) in [6, 6.07) is 6.50. The SMILES string of the molecule is CN(C)C.O=C(Cl)c1cccc(Cl)c1. The maximum absolute atomic E-state index is 10.5. The number of hydrogen-bond acceptors (Lipinski definition) is 2. The van der Waals surface area contributed by atoms with Crippen LogP contribution in [0.15, 0.2) is 24.3 Å². The molecule has 1 rings (SSSR count). The Balaban J connectivity index is 0.000000364. The van der Waals surface area contributed by atoms with Crippen molar-refractivity contribution < 1.29 is 4.79 Å². The summed E-state index contributed by atoms with van der Waals surface area (Å²) < 4.78 is 0. The Bertz CT molecular complexity index is 297. The normalized spacial score (nSPS) is 9.29. The van der Waals surface area contributed by atoms with E-state index in [9.17, 15) is 4.79 Å². The second-order valence-electron chi connectivity index (χ2n) is 3.13. The fourth-order valence-corrected chi connectivity index (χ4v) is 0.919. The Morgan fingerprint density at radius 2 is 1.79 bits per heavy atom. The van der Waals surface area contributed by atoms with E-state index in [0.29, 0.717) is 10.6 Å². The average molecular weight is 234 g/mol. The van der Waals surface area contributed by atoms with Gasteiger partial charge in [0.2, 0.25) is 0 Å². The van der Waals surface area contributed by atoms with Gasteiger partial charge < -0.3 is 4.90 Å². The zero-order chi connectivity index (χ0) is 11.1. The molecule has 78 valence electrons. The molecule has 0 heterocycles. The highest BCUT2D eigenvalue weighted by Gasteiger charge is 1.99. The molecule has 0 saturated heterocycles. The maximum Gasteiger partial charge on any atom is 0.252 e. The summed E-state index contributed by atoms with van der Waals surface area (Å²) in [6.45, 7) is 0. The van der Waals surface area contributed by atoms with Crippen molar-refractivity contribution in [3.05, 3.63) is 34.9 Å². The van der Waals surface area contributed by atoms with Gasteiger partial charge in [-0.15, -0.1) is 0 Å². The number of halogens is 2. The number of carbonyl (C=O) groups is 1. The Morgan fingerprint density at radius 1 is 1.29 bits per heavy atom. The molecule has 0 aliphatic rings. The van der Waals surface area contributed by atoms with Gasteiger partial charge >= 0.3 is 0 Å². The Hall–Kier alpha value is -0.570. The number of hydrogen-bond donors (Lipinski definition) is 0. The van der Waals surface area contributed by atoms with Crippen molar-refractivity contribution in [2.24, 2.45) is 0 Å². The van der Waals surface area contributed by atoms with E-state index in [1.54, 1.807) is 18.2 Å². The van der Waals surface area contributed by atoms with Crippen LogP contribution in [-0.4, -0.2) is 31.3 Å². The van der Waals surface area contributed by atoms with Gasteiger partial charge in [-0.05, 0) is 50.9 Å². The first-order valence-corrected chi connectivity index (χ1v) is 4.75. The van der Waals surface area contributed by atoms with Gasteiger partial charge in [-0.3, -0.25) is 4.79 Å². The summed E-state index contributed by atoms with van der Waals surface area (Å²) >= 11 is 10.8. The molecule has 0 bridgehead atoms. The highest BCUT2D eigenvalue weighted by Crippen LogP contribution is 2.11. The zero-order valence-corrected chi connectivity index (χ0v) is 9.93. The lowest BCUT2D eigenvalue weighted by molar-refractivity contribution is 0.108. The second kappa shape index (κ2) is 6.82. The molecule has 0 aliphatic heterocycles. The minimum absolute atomic E-state index is 0.425. The van der Waals surface area contributed by atoms with Crippen LogP contribution in [0.1, 0.15) is 10.4 Å². The number of carbonyl (C=O) groups excluding carboxylic acids is 1. The topological polar surface area (TPSA) is 20.3 Å². The van der Waals surface area contributed by atoms with Gasteiger partial charge in [-0.2, -0.15) is 0 Å². The van der Waals surface area contributed by atoms with Gasteiger partial charge in [0.25, 0.3) is 5.24 Å². The van der Waals surface area contributed by atoms with E-state index in [-0.39, 0.29) is 0 Å². The lowest BCUT2D eigenvalue weighted by Gasteiger charge is -1.91.